The first-order valence-electron chi connectivity index (χ1n) is 6.98. The summed E-state index contributed by atoms with van der Waals surface area (Å²) in [7, 11) is 0. The van der Waals surface area contributed by atoms with Gasteiger partial charge in [0.25, 0.3) is 0 Å². The number of rotatable bonds is 1. The van der Waals surface area contributed by atoms with Gasteiger partial charge in [0.15, 0.2) is 0 Å². The van der Waals surface area contributed by atoms with Crippen LogP contribution < -0.4 is 4.90 Å². The topological polar surface area (TPSA) is 58.6 Å². The van der Waals surface area contributed by atoms with E-state index in [0.717, 1.165) is 0 Å². The molecule has 1 amide bonds. The molecule has 1 aromatic heterocycles. The number of carbonyl (C=O) groups excluding carboxylic acids is 1. The fourth-order valence-corrected chi connectivity index (χ4v) is 2.25. The number of nitrogens with zero attached hydrogens (tertiary/aromatic N) is 4. The first-order chi connectivity index (χ1) is 9.76. The van der Waals surface area contributed by atoms with Crippen LogP contribution in [-0.4, -0.2) is 52.2 Å². The molecule has 0 unspecified atom stereocenters. The van der Waals surface area contributed by atoms with Crippen LogP contribution >= 0.6 is 0 Å². The Hall–Kier alpha value is -1.92. The number of ether oxygens (including phenoxy) is 1. The Kier molecular flexibility index (Phi) is 4.29. The van der Waals surface area contributed by atoms with Crippen molar-refractivity contribution in [3.05, 3.63) is 18.3 Å². The normalized spacial score (nSPS) is 19.6. The van der Waals surface area contributed by atoms with E-state index in [2.05, 4.69) is 9.97 Å². The molecule has 21 heavy (non-hydrogen) atoms. The molecular weight excluding hydrogens is 275 g/mol. The van der Waals surface area contributed by atoms with Crippen LogP contribution in [0, 0.1) is 5.95 Å². The number of carbonyl (C=O) groups is 1. The summed E-state index contributed by atoms with van der Waals surface area (Å²) < 4.78 is 18.5. The molecule has 0 saturated carbocycles. The minimum atomic E-state index is -0.553. The number of hydrogen-bond donors (Lipinski definition) is 0. The Balaban J connectivity index is 2.01. The maximum absolute atomic E-state index is 13.1. The fourth-order valence-electron chi connectivity index (χ4n) is 2.25. The first kappa shape index (κ1) is 15.5. The maximum atomic E-state index is 13.1. The molecule has 2 heterocycles. The van der Waals surface area contributed by atoms with Gasteiger partial charge in [0.05, 0.1) is 0 Å². The van der Waals surface area contributed by atoms with Gasteiger partial charge >= 0.3 is 6.09 Å². The van der Waals surface area contributed by atoms with Crippen molar-refractivity contribution in [2.75, 3.05) is 24.5 Å². The molecule has 1 aliphatic heterocycles. The highest BCUT2D eigenvalue weighted by Crippen LogP contribution is 2.19. The maximum Gasteiger partial charge on any atom is 0.410 e. The van der Waals surface area contributed by atoms with Crippen molar-refractivity contribution in [3.63, 3.8) is 0 Å². The summed E-state index contributed by atoms with van der Waals surface area (Å²) in [6, 6.07) is 1.27. The lowest BCUT2D eigenvalue weighted by molar-refractivity contribution is 0.0158. The molecule has 1 fully saturated rings. The standard InChI is InChI=1S/C14H21FN4O2/c1-10-8-18(12-7-11(15)16-9-17-12)5-6-19(10)13(20)21-14(2,3)4/h7,9-10H,5-6,8H2,1-4H3/t10-/m0/s1. The smallest absolute Gasteiger partial charge is 0.410 e. The summed E-state index contributed by atoms with van der Waals surface area (Å²) in [5.41, 5.74) is -0.510. The van der Waals surface area contributed by atoms with E-state index in [1.165, 1.54) is 12.4 Å². The highest BCUT2D eigenvalue weighted by Gasteiger charge is 2.31. The second-order valence-electron chi connectivity index (χ2n) is 6.17. The van der Waals surface area contributed by atoms with Crippen molar-refractivity contribution in [2.24, 2.45) is 0 Å². The molecule has 116 valence electrons. The summed E-state index contributed by atoms with van der Waals surface area (Å²) in [5.74, 6) is -0.0135. The third-order valence-electron chi connectivity index (χ3n) is 3.20. The molecule has 1 aliphatic rings. The Morgan fingerprint density at radius 2 is 2.10 bits per heavy atom. The van der Waals surface area contributed by atoms with E-state index in [1.54, 1.807) is 4.90 Å². The zero-order chi connectivity index (χ0) is 15.6. The number of anilines is 1. The van der Waals surface area contributed by atoms with Gasteiger partial charge in [0.1, 0.15) is 17.7 Å². The number of amides is 1. The molecule has 2 rings (SSSR count). The van der Waals surface area contributed by atoms with Crippen LogP contribution in [0.1, 0.15) is 27.7 Å². The van der Waals surface area contributed by atoms with Gasteiger partial charge in [0.2, 0.25) is 5.95 Å². The Bertz CT molecular complexity index is 518. The molecule has 0 aliphatic carbocycles. The van der Waals surface area contributed by atoms with Crippen molar-refractivity contribution in [1.82, 2.24) is 14.9 Å². The first-order valence-corrected chi connectivity index (χ1v) is 6.98. The van der Waals surface area contributed by atoms with E-state index in [-0.39, 0.29) is 12.1 Å². The van der Waals surface area contributed by atoms with Crippen LogP contribution in [0.4, 0.5) is 15.0 Å². The number of halogens is 1. The summed E-state index contributed by atoms with van der Waals surface area (Å²) in [5, 5.41) is 0. The quantitative estimate of drug-likeness (QED) is 0.742. The van der Waals surface area contributed by atoms with Gasteiger partial charge in [-0.05, 0) is 27.7 Å². The zero-order valence-corrected chi connectivity index (χ0v) is 12.8. The van der Waals surface area contributed by atoms with E-state index in [4.69, 9.17) is 4.74 Å². The molecule has 1 aromatic rings. The van der Waals surface area contributed by atoms with Crippen molar-refractivity contribution in [2.45, 2.75) is 39.3 Å². The van der Waals surface area contributed by atoms with Crippen LogP contribution in [0.25, 0.3) is 0 Å². The third kappa shape index (κ3) is 4.03. The molecule has 0 bridgehead atoms. The highest BCUT2D eigenvalue weighted by molar-refractivity contribution is 5.69. The predicted octanol–water partition coefficient (Wildman–Crippen LogP) is 2.06. The molecule has 7 heteroatoms. The van der Waals surface area contributed by atoms with Crippen LogP contribution in [0.3, 0.4) is 0 Å². The predicted molar refractivity (Wildman–Crippen MR) is 76.6 cm³/mol. The molecule has 0 N–H and O–H groups in total. The van der Waals surface area contributed by atoms with Crippen molar-refractivity contribution in [1.29, 1.82) is 0 Å². The summed E-state index contributed by atoms with van der Waals surface area (Å²) in [6.07, 6.45) is 0.888. The van der Waals surface area contributed by atoms with Gasteiger partial charge in [-0.2, -0.15) is 4.39 Å². The van der Waals surface area contributed by atoms with Crippen LogP contribution in [0.2, 0.25) is 0 Å². The van der Waals surface area contributed by atoms with Crippen LogP contribution in [0.5, 0.6) is 0 Å². The summed E-state index contributed by atoms with van der Waals surface area (Å²) in [4.78, 5) is 23.3. The lowest BCUT2D eigenvalue weighted by atomic mass is 10.2. The third-order valence-corrected chi connectivity index (χ3v) is 3.20. The molecule has 1 atom stereocenters. The minimum absolute atomic E-state index is 0.0355. The average molecular weight is 296 g/mol. The molecule has 1 saturated heterocycles. The number of piperazine rings is 1. The van der Waals surface area contributed by atoms with Crippen LogP contribution in [-0.2, 0) is 4.74 Å². The van der Waals surface area contributed by atoms with Crippen molar-refractivity contribution < 1.29 is 13.9 Å². The van der Waals surface area contributed by atoms with Gasteiger partial charge in [-0.1, -0.05) is 0 Å². The summed E-state index contributed by atoms with van der Waals surface area (Å²) in [6.45, 7) is 9.14. The Labute approximate surface area is 123 Å². The fraction of sp³-hybridized carbons (Fsp3) is 0.643. The zero-order valence-electron chi connectivity index (χ0n) is 12.8. The van der Waals surface area contributed by atoms with Crippen molar-refractivity contribution in [3.8, 4) is 0 Å². The van der Waals surface area contributed by atoms with E-state index in [1.807, 2.05) is 32.6 Å². The lowest BCUT2D eigenvalue weighted by Gasteiger charge is -2.40. The van der Waals surface area contributed by atoms with Crippen molar-refractivity contribution >= 4 is 11.9 Å². The second kappa shape index (κ2) is 5.83. The molecule has 0 radical (unpaired) electrons. The van der Waals surface area contributed by atoms with Gasteiger partial charge in [0, 0.05) is 31.7 Å². The molecular formula is C14H21FN4O2. The van der Waals surface area contributed by atoms with E-state index in [9.17, 15) is 9.18 Å². The number of aromatic nitrogens is 2. The Morgan fingerprint density at radius 3 is 2.67 bits per heavy atom. The second-order valence-corrected chi connectivity index (χ2v) is 6.17. The molecule has 0 aromatic carbocycles. The van der Waals surface area contributed by atoms with Gasteiger partial charge in [-0.25, -0.2) is 14.8 Å². The highest BCUT2D eigenvalue weighted by atomic mass is 19.1. The Morgan fingerprint density at radius 1 is 1.38 bits per heavy atom. The van der Waals surface area contributed by atoms with Gasteiger partial charge in [-0.3, -0.25) is 0 Å². The SMILES string of the molecule is C[C@H]1CN(c2cc(F)ncn2)CCN1C(=O)OC(C)(C)C. The monoisotopic (exact) mass is 296 g/mol. The van der Waals surface area contributed by atoms with E-state index >= 15 is 0 Å². The van der Waals surface area contributed by atoms with E-state index in [0.29, 0.717) is 25.5 Å². The molecule has 0 spiro atoms. The van der Waals surface area contributed by atoms with Gasteiger partial charge < -0.3 is 14.5 Å². The average Bonchev–Trinajstić information content (AvgIpc) is 2.36. The van der Waals surface area contributed by atoms with E-state index < -0.39 is 11.5 Å². The molecule has 6 nitrogen and oxygen atoms in total. The summed E-state index contributed by atoms with van der Waals surface area (Å²) >= 11 is 0. The largest absolute Gasteiger partial charge is 0.444 e. The van der Waals surface area contributed by atoms with Crippen LogP contribution in [0.15, 0.2) is 12.4 Å². The minimum Gasteiger partial charge on any atom is -0.444 e. The van der Waals surface area contributed by atoms with Gasteiger partial charge in [-0.15, -0.1) is 0 Å². The number of hydrogen-bond acceptors (Lipinski definition) is 5. The lowest BCUT2D eigenvalue weighted by Crippen LogP contribution is -2.55.